The van der Waals surface area contributed by atoms with E-state index in [4.69, 9.17) is 0 Å². The smallest absolute Gasteiger partial charge is 0.275 e. The molecule has 2 N–H and O–H groups in total. The van der Waals surface area contributed by atoms with Gasteiger partial charge in [0.15, 0.2) is 0 Å². The molecule has 1 amide bonds. The third-order valence-electron chi connectivity index (χ3n) is 3.40. The molecule has 25 heavy (non-hydrogen) atoms. The number of nitrogens with one attached hydrogen (secondary N) is 2. The molecule has 126 valence electrons. The minimum atomic E-state index is -0.459. The molecule has 0 atom stereocenters. The maximum atomic E-state index is 13.5. The summed E-state index contributed by atoms with van der Waals surface area (Å²) in [4.78, 5) is 20.2. The molecule has 0 fully saturated rings. The second-order valence-electron chi connectivity index (χ2n) is 5.19. The normalized spacial score (nSPS) is 10.3. The summed E-state index contributed by atoms with van der Waals surface area (Å²) in [7, 11) is 0. The van der Waals surface area contributed by atoms with Crippen LogP contribution in [-0.4, -0.2) is 15.9 Å². The summed E-state index contributed by atoms with van der Waals surface area (Å²) >= 11 is 0. The first kappa shape index (κ1) is 16.5. The molecule has 0 unspecified atom stereocenters. The van der Waals surface area contributed by atoms with Crippen LogP contribution in [0.5, 0.6) is 0 Å². The second kappa shape index (κ2) is 7.48. The van der Waals surface area contributed by atoms with E-state index >= 15 is 0 Å². The zero-order valence-corrected chi connectivity index (χ0v) is 13.0. The average molecular weight is 340 g/mol. The molecule has 0 bridgehead atoms. The van der Waals surface area contributed by atoms with E-state index in [-0.39, 0.29) is 23.9 Å². The summed E-state index contributed by atoms with van der Waals surface area (Å²) in [5, 5.41) is 5.53. The lowest BCUT2D eigenvalue weighted by Crippen LogP contribution is -2.14. The zero-order valence-electron chi connectivity index (χ0n) is 13.0. The van der Waals surface area contributed by atoms with E-state index in [2.05, 4.69) is 20.6 Å². The maximum absolute atomic E-state index is 13.5. The van der Waals surface area contributed by atoms with Crippen molar-refractivity contribution in [2.24, 2.45) is 0 Å². The fourth-order valence-electron chi connectivity index (χ4n) is 2.09. The Kier molecular flexibility index (Phi) is 4.94. The SMILES string of the molecule is O=C(Nc1ccc(F)cc1)c1cnc(NCc2ccccc2F)cn1. The number of anilines is 2. The number of aromatic nitrogens is 2. The highest BCUT2D eigenvalue weighted by atomic mass is 19.1. The lowest BCUT2D eigenvalue weighted by Gasteiger charge is -2.07. The highest BCUT2D eigenvalue weighted by Crippen LogP contribution is 2.11. The standard InChI is InChI=1S/C18H14F2N4O/c19-13-5-7-14(8-6-13)24-18(25)16-10-23-17(11-21-16)22-9-12-3-1-2-4-15(12)20/h1-8,10-11H,9H2,(H,22,23)(H,24,25). The van der Waals surface area contributed by atoms with Gasteiger partial charge in [-0.3, -0.25) is 4.79 Å². The van der Waals surface area contributed by atoms with Gasteiger partial charge >= 0.3 is 0 Å². The second-order valence-corrected chi connectivity index (χ2v) is 5.19. The number of carbonyl (C=O) groups excluding carboxylic acids is 1. The summed E-state index contributed by atoms with van der Waals surface area (Å²) in [5.41, 5.74) is 1.07. The van der Waals surface area contributed by atoms with Gasteiger partial charge in [-0.2, -0.15) is 0 Å². The Labute approximate surface area is 142 Å². The molecule has 2 aromatic carbocycles. The van der Waals surface area contributed by atoms with Crippen LogP contribution >= 0.6 is 0 Å². The largest absolute Gasteiger partial charge is 0.365 e. The van der Waals surface area contributed by atoms with Gasteiger partial charge < -0.3 is 10.6 Å². The number of hydrogen-bond acceptors (Lipinski definition) is 4. The third-order valence-corrected chi connectivity index (χ3v) is 3.40. The van der Waals surface area contributed by atoms with Crippen molar-refractivity contribution in [3.8, 4) is 0 Å². The molecule has 3 rings (SSSR count). The van der Waals surface area contributed by atoms with Gasteiger partial charge in [-0.1, -0.05) is 18.2 Å². The van der Waals surface area contributed by atoms with Crippen LogP contribution in [-0.2, 0) is 6.54 Å². The first-order valence-electron chi connectivity index (χ1n) is 7.48. The molecule has 0 spiro atoms. The fourth-order valence-corrected chi connectivity index (χ4v) is 2.09. The van der Waals surface area contributed by atoms with Gasteiger partial charge in [0.25, 0.3) is 5.91 Å². The Morgan fingerprint density at radius 1 is 0.960 bits per heavy atom. The van der Waals surface area contributed by atoms with E-state index in [0.29, 0.717) is 17.1 Å². The van der Waals surface area contributed by atoms with Gasteiger partial charge in [0.2, 0.25) is 0 Å². The lowest BCUT2D eigenvalue weighted by atomic mass is 10.2. The van der Waals surface area contributed by atoms with Crippen LogP contribution in [0.2, 0.25) is 0 Å². The summed E-state index contributed by atoms with van der Waals surface area (Å²) < 4.78 is 26.4. The molecule has 7 heteroatoms. The molecule has 0 saturated carbocycles. The fraction of sp³-hybridized carbons (Fsp3) is 0.0556. The Bertz CT molecular complexity index is 867. The first-order chi connectivity index (χ1) is 12.1. The Hall–Kier alpha value is -3.35. The zero-order chi connectivity index (χ0) is 17.6. The number of rotatable bonds is 5. The van der Waals surface area contributed by atoms with Crippen LogP contribution in [0, 0.1) is 11.6 Å². The first-order valence-corrected chi connectivity index (χ1v) is 7.48. The number of amides is 1. The number of carbonyl (C=O) groups is 1. The molecular formula is C18H14F2N4O. The Morgan fingerprint density at radius 2 is 1.72 bits per heavy atom. The maximum Gasteiger partial charge on any atom is 0.275 e. The van der Waals surface area contributed by atoms with Crippen LogP contribution < -0.4 is 10.6 Å². The van der Waals surface area contributed by atoms with Gasteiger partial charge in [-0.05, 0) is 30.3 Å². The number of benzene rings is 2. The van der Waals surface area contributed by atoms with E-state index in [1.165, 1.54) is 42.7 Å². The van der Waals surface area contributed by atoms with Crippen molar-refractivity contribution in [3.05, 3.63) is 83.8 Å². The van der Waals surface area contributed by atoms with Crippen molar-refractivity contribution >= 4 is 17.4 Å². The molecule has 0 aliphatic rings. The highest BCUT2D eigenvalue weighted by Gasteiger charge is 2.09. The van der Waals surface area contributed by atoms with Crippen LogP contribution in [0.3, 0.4) is 0 Å². The van der Waals surface area contributed by atoms with Crippen LogP contribution in [0.4, 0.5) is 20.3 Å². The number of nitrogens with zero attached hydrogens (tertiary/aromatic N) is 2. The van der Waals surface area contributed by atoms with Crippen LogP contribution in [0.1, 0.15) is 16.1 Å². The van der Waals surface area contributed by atoms with Crippen LogP contribution in [0.25, 0.3) is 0 Å². The van der Waals surface area contributed by atoms with Crippen molar-refractivity contribution in [3.63, 3.8) is 0 Å². The van der Waals surface area contributed by atoms with Crippen molar-refractivity contribution in [1.82, 2.24) is 9.97 Å². The molecule has 1 heterocycles. The molecule has 0 aliphatic heterocycles. The predicted molar refractivity (Wildman–Crippen MR) is 90.1 cm³/mol. The van der Waals surface area contributed by atoms with E-state index < -0.39 is 5.91 Å². The highest BCUT2D eigenvalue weighted by molar-refractivity contribution is 6.02. The number of hydrogen-bond donors (Lipinski definition) is 2. The van der Waals surface area contributed by atoms with Crippen molar-refractivity contribution < 1.29 is 13.6 Å². The molecule has 1 aromatic heterocycles. The molecule has 3 aromatic rings. The molecule has 0 radical (unpaired) electrons. The van der Waals surface area contributed by atoms with E-state index in [1.54, 1.807) is 18.2 Å². The summed E-state index contributed by atoms with van der Waals surface area (Å²) in [6.45, 7) is 0.252. The molecular weight excluding hydrogens is 326 g/mol. The quantitative estimate of drug-likeness (QED) is 0.744. The lowest BCUT2D eigenvalue weighted by molar-refractivity contribution is 0.102. The number of halogens is 2. The van der Waals surface area contributed by atoms with Crippen LogP contribution in [0.15, 0.2) is 60.9 Å². The Balaban J connectivity index is 1.60. The summed E-state index contributed by atoms with van der Waals surface area (Å²) in [6, 6.07) is 11.8. The third kappa shape index (κ3) is 4.35. The van der Waals surface area contributed by atoms with E-state index in [9.17, 15) is 13.6 Å². The van der Waals surface area contributed by atoms with Gasteiger partial charge in [0.1, 0.15) is 23.1 Å². The predicted octanol–water partition coefficient (Wildman–Crippen LogP) is 3.62. The van der Waals surface area contributed by atoms with Gasteiger partial charge in [-0.25, -0.2) is 18.7 Å². The molecule has 0 saturated heterocycles. The monoisotopic (exact) mass is 340 g/mol. The van der Waals surface area contributed by atoms with Crippen molar-refractivity contribution in [1.29, 1.82) is 0 Å². The van der Waals surface area contributed by atoms with Gasteiger partial charge in [0.05, 0.1) is 12.4 Å². The molecule has 0 aliphatic carbocycles. The summed E-state index contributed by atoms with van der Waals surface area (Å²) in [6.07, 6.45) is 2.70. The topological polar surface area (TPSA) is 66.9 Å². The van der Waals surface area contributed by atoms with E-state index in [1.807, 2.05) is 0 Å². The average Bonchev–Trinajstić information content (AvgIpc) is 2.63. The van der Waals surface area contributed by atoms with Crippen molar-refractivity contribution in [2.75, 3.05) is 10.6 Å². The van der Waals surface area contributed by atoms with E-state index in [0.717, 1.165) is 0 Å². The Morgan fingerprint density at radius 3 is 2.40 bits per heavy atom. The van der Waals surface area contributed by atoms with Crippen molar-refractivity contribution in [2.45, 2.75) is 6.54 Å². The minimum Gasteiger partial charge on any atom is -0.365 e. The minimum absolute atomic E-state index is 0.112. The molecule has 5 nitrogen and oxygen atoms in total. The van der Waals surface area contributed by atoms with Gasteiger partial charge in [-0.15, -0.1) is 0 Å². The summed E-state index contributed by atoms with van der Waals surface area (Å²) in [5.74, 6) is -0.734. The van der Waals surface area contributed by atoms with Gasteiger partial charge in [0, 0.05) is 17.8 Å².